The van der Waals surface area contributed by atoms with Crippen LogP contribution in [0.15, 0.2) is 17.2 Å². The molecule has 1 aromatic rings. The van der Waals surface area contributed by atoms with E-state index in [2.05, 4.69) is 14.6 Å². The van der Waals surface area contributed by atoms with Gasteiger partial charge in [-0.3, -0.25) is 0 Å². The maximum atomic E-state index is 4.36. The van der Waals surface area contributed by atoms with Gasteiger partial charge in [-0.25, -0.2) is 0 Å². The van der Waals surface area contributed by atoms with Crippen LogP contribution in [0.1, 0.15) is 2.85 Å². The molecule has 1 aromatic heterocycles. The van der Waals surface area contributed by atoms with E-state index in [-0.39, 0.29) is 13.0 Å². The Morgan fingerprint density at radius 2 is 1.83 bits per heavy atom. The first kappa shape index (κ1) is 5.31. The van der Waals surface area contributed by atoms with Crippen molar-refractivity contribution in [2.75, 3.05) is 0 Å². The molecule has 0 saturated carbocycles. The second-order valence-electron chi connectivity index (χ2n) is 0.578. The molecule has 4 heteroatoms. The summed E-state index contributed by atoms with van der Waals surface area (Å²) in [5, 5.41) is 6.61. The van der Waals surface area contributed by atoms with Crippen molar-refractivity contribution in [3.8, 4) is 0 Å². The van der Waals surface area contributed by atoms with Crippen molar-refractivity contribution in [2.45, 2.75) is 0 Å². The SMILES string of the molecule is [Be+2].[H-].[H-].c1nnco1. The van der Waals surface area contributed by atoms with E-state index >= 15 is 0 Å². The Hall–Kier alpha value is -0.691. The third-order valence-corrected chi connectivity index (χ3v) is 0.283. The Morgan fingerprint density at radius 1 is 1.33 bits per heavy atom. The van der Waals surface area contributed by atoms with E-state index in [1.165, 1.54) is 12.8 Å². The van der Waals surface area contributed by atoms with Crippen molar-refractivity contribution in [3.63, 3.8) is 0 Å². The second kappa shape index (κ2) is 2.54. The molecule has 0 aliphatic rings. The molecule has 1 rings (SSSR count). The summed E-state index contributed by atoms with van der Waals surface area (Å²) in [4.78, 5) is 0. The molecule has 0 atom stereocenters. The Balaban J connectivity index is -0.0000000833. The molecule has 0 amide bonds. The Labute approximate surface area is 41.6 Å². The molecule has 6 heavy (non-hydrogen) atoms. The normalized spacial score (nSPS) is 6.67. The molecule has 0 N–H and O–H groups in total. The first-order chi connectivity index (χ1) is 2.50. The quantitative estimate of drug-likeness (QED) is 0.410. The molecular weight excluding hydrogens is 77.0 g/mol. The van der Waals surface area contributed by atoms with Gasteiger partial charge in [-0.05, 0) is 0 Å². The van der Waals surface area contributed by atoms with Gasteiger partial charge < -0.3 is 7.27 Å². The third-order valence-electron chi connectivity index (χ3n) is 0.283. The zero-order valence-corrected chi connectivity index (χ0v) is 3.16. The van der Waals surface area contributed by atoms with Gasteiger partial charge >= 0.3 is 10.1 Å². The monoisotopic (exact) mass is 81.0 g/mol. The Kier molecular flexibility index (Phi) is 2.25. The Bertz CT molecular complexity index is 74.5. The fourth-order valence-corrected chi connectivity index (χ4v) is 0.136. The fourth-order valence-electron chi connectivity index (χ4n) is 0.136. The van der Waals surface area contributed by atoms with Crippen LogP contribution in [0.4, 0.5) is 0 Å². The molecule has 0 aliphatic heterocycles. The number of hydrogen-bond acceptors (Lipinski definition) is 3. The molecule has 0 spiro atoms. The Morgan fingerprint density at radius 3 is 2.00 bits per heavy atom. The van der Waals surface area contributed by atoms with Crippen LogP contribution in [-0.2, 0) is 0 Å². The molecule has 0 saturated heterocycles. The van der Waals surface area contributed by atoms with Gasteiger partial charge in [0.2, 0.25) is 12.8 Å². The standard InChI is InChI=1S/C2H2N2O.Be.2H/c1-3-4-2-5-1;;;/h1-2H;;;/q;+2;2*-1. The number of hydrogen-bond donors (Lipinski definition) is 0. The van der Waals surface area contributed by atoms with E-state index < -0.39 is 0 Å². The second-order valence-corrected chi connectivity index (χ2v) is 0.578. The van der Waals surface area contributed by atoms with Crippen molar-refractivity contribution >= 4 is 10.1 Å². The van der Waals surface area contributed by atoms with Crippen LogP contribution in [0, 0.1) is 0 Å². The summed E-state index contributed by atoms with van der Waals surface area (Å²) in [6, 6.07) is 0. The predicted octanol–water partition coefficient (Wildman–Crippen LogP) is -0.0862. The van der Waals surface area contributed by atoms with E-state index in [1.807, 2.05) is 0 Å². The van der Waals surface area contributed by atoms with Crippen LogP contribution < -0.4 is 0 Å². The minimum Gasteiger partial charge on any atom is -1.00 e. The van der Waals surface area contributed by atoms with E-state index in [9.17, 15) is 0 Å². The van der Waals surface area contributed by atoms with Gasteiger partial charge in [0.1, 0.15) is 0 Å². The molecular formula is C2H4BeN2O. The summed E-state index contributed by atoms with van der Waals surface area (Å²) >= 11 is 0. The van der Waals surface area contributed by atoms with Crippen LogP contribution in [0.25, 0.3) is 0 Å². The molecule has 0 aromatic carbocycles. The van der Waals surface area contributed by atoms with Crippen LogP contribution in [0.2, 0.25) is 0 Å². The van der Waals surface area contributed by atoms with Gasteiger partial charge in [-0.15, -0.1) is 10.2 Å². The number of aromatic nitrogens is 2. The first-order valence-corrected chi connectivity index (χ1v) is 1.19. The smallest absolute Gasteiger partial charge is 1.00 e. The molecule has 1 heterocycles. The van der Waals surface area contributed by atoms with Crippen LogP contribution in [0.5, 0.6) is 0 Å². The maximum Gasteiger partial charge on any atom is 2.00 e. The van der Waals surface area contributed by atoms with Gasteiger partial charge in [0.25, 0.3) is 0 Å². The van der Waals surface area contributed by atoms with Crippen molar-refractivity contribution in [1.29, 1.82) is 0 Å². The average molecular weight is 81.1 g/mol. The summed E-state index contributed by atoms with van der Waals surface area (Å²) < 4.78 is 4.36. The van der Waals surface area contributed by atoms with Gasteiger partial charge in [0.15, 0.2) is 0 Å². The molecule has 0 radical (unpaired) electrons. The van der Waals surface area contributed by atoms with Gasteiger partial charge in [0, 0.05) is 0 Å². The molecule has 30 valence electrons. The minimum atomic E-state index is 0. The summed E-state index contributed by atoms with van der Waals surface area (Å²) in [7, 11) is 0. The summed E-state index contributed by atoms with van der Waals surface area (Å²) in [5.74, 6) is 0. The van der Waals surface area contributed by atoms with E-state index in [0.29, 0.717) is 0 Å². The van der Waals surface area contributed by atoms with Gasteiger partial charge in [-0.2, -0.15) is 0 Å². The molecule has 0 unspecified atom stereocenters. The number of nitrogens with zero attached hydrogens (tertiary/aromatic N) is 2. The molecule has 0 bridgehead atoms. The van der Waals surface area contributed by atoms with E-state index in [0.717, 1.165) is 0 Å². The minimum absolute atomic E-state index is 0. The van der Waals surface area contributed by atoms with Crippen molar-refractivity contribution in [2.24, 2.45) is 0 Å². The average Bonchev–Trinajstić information content (AvgIpc) is 1.76. The largest absolute Gasteiger partial charge is 2.00 e. The predicted molar refractivity (Wildman–Crippen MR) is 22.3 cm³/mol. The summed E-state index contributed by atoms with van der Waals surface area (Å²) in [6.07, 6.45) is 2.53. The van der Waals surface area contributed by atoms with E-state index in [4.69, 9.17) is 0 Å². The summed E-state index contributed by atoms with van der Waals surface area (Å²) in [5.41, 5.74) is 0. The zero-order valence-electron chi connectivity index (χ0n) is 5.16. The molecule has 3 nitrogen and oxygen atoms in total. The van der Waals surface area contributed by atoms with Crippen molar-refractivity contribution in [3.05, 3.63) is 12.8 Å². The fraction of sp³-hybridized carbons (Fsp3) is 0. The van der Waals surface area contributed by atoms with Gasteiger partial charge in [0.05, 0.1) is 0 Å². The maximum absolute atomic E-state index is 4.36. The first-order valence-electron chi connectivity index (χ1n) is 1.19. The van der Waals surface area contributed by atoms with Crippen LogP contribution in [-0.4, -0.2) is 20.3 Å². The topological polar surface area (TPSA) is 38.9 Å². The van der Waals surface area contributed by atoms with Crippen molar-refractivity contribution in [1.82, 2.24) is 10.2 Å². The van der Waals surface area contributed by atoms with Crippen molar-refractivity contribution < 1.29 is 7.27 Å². The van der Waals surface area contributed by atoms with Crippen LogP contribution >= 0.6 is 0 Å². The number of rotatable bonds is 0. The molecule has 0 fully saturated rings. The summed E-state index contributed by atoms with van der Waals surface area (Å²) in [6.45, 7) is 0. The van der Waals surface area contributed by atoms with Crippen LogP contribution in [0.3, 0.4) is 0 Å². The van der Waals surface area contributed by atoms with E-state index in [1.54, 1.807) is 0 Å². The zero-order chi connectivity index (χ0) is 3.54. The van der Waals surface area contributed by atoms with Gasteiger partial charge in [-0.1, -0.05) is 0 Å². The molecule has 0 aliphatic carbocycles. The third kappa shape index (κ3) is 0.950.